The highest BCUT2D eigenvalue weighted by Crippen LogP contribution is 2.28. The van der Waals surface area contributed by atoms with Gasteiger partial charge in [-0.15, -0.1) is 10.2 Å². The molecule has 0 amide bonds. The van der Waals surface area contributed by atoms with Crippen molar-refractivity contribution in [2.24, 2.45) is 0 Å². The van der Waals surface area contributed by atoms with Crippen LogP contribution in [0.25, 0.3) is 16.7 Å². The smallest absolute Gasteiger partial charge is 0.203 e. The summed E-state index contributed by atoms with van der Waals surface area (Å²) >= 11 is 0. The molecule has 0 saturated carbocycles. The maximum atomic E-state index is 5.91. The van der Waals surface area contributed by atoms with E-state index in [9.17, 15) is 0 Å². The minimum absolute atomic E-state index is 0.378. The molecule has 6 heteroatoms. The first-order valence-corrected chi connectivity index (χ1v) is 5.71. The van der Waals surface area contributed by atoms with E-state index in [1.165, 1.54) is 0 Å². The monoisotopic (exact) mass is 243 g/mol. The minimum atomic E-state index is 0.378. The number of nitrogens with two attached hydrogens (primary N) is 1. The van der Waals surface area contributed by atoms with Crippen LogP contribution < -0.4 is 10.5 Å². The van der Waals surface area contributed by atoms with Crippen molar-refractivity contribution in [1.29, 1.82) is 0 Å². The molecule has 92 valence electrons. The fourth-order valence-electron chi connectivity index (χ4n) is 2.21. The molecule has 0 aliphatic carbocycles. The maximum absolute atomic E-state index is 5.91. The van der Waals surface area contributed by atoms with Gasteiger partial charge in [0, 0.05) is 5.56 Å². The Labute approximate surface area is 103 Å². The lowest BCUT2D eigenvalue weighted by Crippen LogP contribution is -2.02. The van der Waals surface area contributed by atoms with Gasteiger partial charge in [0.25, 0.3) is 0 Å². The Bertz CT molecular complexity index is 734. The van der Waals surface area contributed by atoms with Crippen LogP contribution in [0.3, 0.4) is 0 Å². The van der Waals surface area contributed by atoms with Crippen molar-refractivity contribution in [1.82, 2.24) is 19.6 Å². The fraction of sp³-hybridized carbons (Fsp3) is 0.250. The molecule has 0 fully saturated rings. The van der Waals surface area contributed by atoms with Crippen LogP contribution in [-0.4, -0.2) is 26.7 Å². The largest absolute Gasteiger partial charge is 0.496 e. The van der Waals surface area contributed by atoms with Crippen molar-refractivity contribution < 1.29 is 4.74 Å². The first-order valence-electron chi connectivity index (χ1n) is 5.71. The molecule has 18 heavy (non-hydrogen) atoms. The molecular formula is C12H13N5O. The van der Waals surface area contributed by atoms with Gasteiger partial charge in [-0.1, -0.05) is 6.92 Å². The number of fused-ring (bicyclic) bond motifs is 3. The molecule has 0 radical (unpaired) electrons. The molecule has 0 spiro atoms. The second kappa shape index (κ2) is 3.83. The summed E-state index contributed by atoms with van der Waals surface area (Å²) in [5.41, 5.74) is 9.29. The Morgan fingerprint density at radius 1 is 1.39 bits per heavy atom. The summed E-state index contributed by atoms with van der Waals surface area (Å²) in [6, 6.07) is 3.87. The molecule has 2 heterocycles. The lowest BCUT2D eigenvalue weighted by atomic mass is 10.1. The molecule has 2 aromatic heterocycles. The summed E-state index contributed by atoms with van der Waals surface area (Å²) in [6.07, 6.45) is 2.46. The number of anilines is 1. The van der Waals surface area contributed by atoms with Gasteiger partial charge in [-0.2, -0.15) is 0 Å². The maximum Gasteiger partial charge on any atom is 0.203 e. The van der Waals surface area contributed by atoms with Crippen LogP contribution in [0.1, 0.15) is 12.5 Å². The van der Waals surface area contributed by atoms with Crippen molar-refractivity contribution in [3.05, 3.63) is 24.0 Å². The molecule has 0 aliphatic rings. The predicted molar refractivity (Wildman–Crippen MR) is 68.6 cm³/mol. The molecule has 0 bridgehead atoms. The average molecular weight is 243 g/mol. The highest BCUT2D eigenvalue weighted by Gasteiger charge is 2.13. The summed E-state index contributed by atoms with van der Waals surface area (Å²) in [4.78, 5) is 4.43. The number of nitrogens with zero attached hydrogens (tertiary/aromatic N) is 4. The van der Waals surface area contributed by atoms with E-state index in [2.05, 4.69) is 22.1 Å². The van der Waals surface area contributed by atoms with Crippen LogP contribution in [0.15, 0.2) is 18.5 Å². The first-order chi connectivity index (χ1) is 8.76. The Hall–Kier alpha value is -2.37. The summed E-state index contributed by atoms with van der Waals surface area (Å²) < 4.78 is 7.20. The van der Waals surface area contributed by atoms with E-state index in [-0.39, 0.29) is 0 Å². The van der Waals surface area contributed by atoms with E-state index in [0.29, 0.717) is 11.5 Å². The quantitative estimate of drug-likeness (QED) is 0.736. The van der Waals surface area contributed by atoms with Gasteiger partial charge in [-0.05, 0) is 18.6 Å². The van der Waals surface area contributed by atoms with Crippen LogP contribution >= 0.6 is 0 Å². The van der Waals surface area contributed by atoms with Crippen molar-refractivity contribution in [3.8, 4) is 5.75 Å². The predicted octanol–water partition coefficient (Wildman–Crippen LogP) is 1.43. The van der Waals surface area contributed by atoms with Gasteiger partial charge in [-0.25, -0.2) is 4.98 Å². The third-order valence-corrected chi connectivity index (χ3v) is 3.06. The van der Waals surface area contributed by atoms with Crippen LogP contribution in [0.5, 0.6) is 5.75 Å². The highest BCUT2D eigenvalue weighted by atomic mass is 16.5. The Balaban J connectivity index is 2.51. The number of aromatic nitrogens is 4. The van der Waals surface area contributed by atoms with Gasteiger partial charge >= 0.3 is 0 Å². The summed E-state index contributed by atoms with van der Waals surface area (Å²) in [7, 11) is 1.65. The Morgan fingerprint density at radius 2 is 2.22 bits per heavy atom. The highest BCUT2D eigenvalue weighted by molar-refractivity contribution is 5.86. The lowest BCUT2D eigenvalue weighted by Gasteiger charge is -2.11. The van der Waals surface area contributed by atoms with Crippen LogP contribution in [-0.2, 0) is 6.42 Å². The van der Waals surface area contributed by atoms with Crippen LogP contribution in [0.2, 0.25) is 0 Å². The first kappa shape index (κ1) is 10.8. The number of hydrogen-bond acceptors (Lipinski definition) is 5. The van der Waals surface area contributed by atoms with E-state index in [4.69, 9.17) is 10.5 Å². The summed E-state index contributed by atoms with van der Waals surface area (Å²) in [5, 5.41) is 7.83. The van der Waals surface area contributed by atoms with Crippen molar-refractivity contribution in [2.75, 3.05) is 12.8 Å². The minimum Gasteiger partial charge on any atom is -0.496 e. The van der Waals surface area contributed by atoms with Crippen LogP contribution in [0.4, 0.5) is 5.82 Å². The molecule has 6 nitrogen and oxygen atoms in total. The topological polar surface area (TPSA) is 78.3 Å². The summed E-state index contributed by atoms with van der Waals surface area (Å²) in [6.45, 7) is 2.06. The molecule has 2 N–H and O–H groups in total. The zero-order valence-electron chi connectivity index (χ0n) is 10.2. The van der Waals surface area contributed by atoms with E-state index in [1.54, 1.807) is 13.4 Å². The number of ether oxygens (including phenoxy) is 1. The normalized spacial score (nSPS) is 11.2. The number of rotatable bonds is 2. The van der Waals surface area contributed by atoms with Gasteiger partial charge in [0.2, 0.25) is 5.65 Å². The molecule has 3 aromatic rings. The molecular weight excluding hydrogens is 230 g/mol. The number of hydrogen-bond donors (Lipinski definition) is 1. The second-order valence-electron chi connectivity index (χ2n) is 3.99. The number of aryl methyl sites for hydroxylation is 1. The Kier molecular flexibility index (Phi) is 2.29. The van der Waals surface area contributed by atoms with E-state index >= 15 is 0 Å². The van der Waals surface area contributed by atoms with E-state index in [0.717, 1.165) is 28.8 Å². The van der Waals surface area contributed by atoms with Gasteiger partial charge in [0.05, 0.1) is 18.1 Å². The lowest BCUT2D eigenvalue weighted by molar-refractivity contribution is 0.411. The third kappa shape index (κ3) is 1.32. The Morgan fingerprint density at radius 3 is 2.94 bits per heavy atom. The summed E-state index contributed by atoms with van der Waals surface area (Å²) in [5.74, 6) is 1.20. The standard InChI is InChI=1S/C12H13N5O/c1-3-7-9(18-2)5-4-8-10(7)15-11(13)12-16-14-6-17(8)12/h4-6H,3H2,1-2H3,(H2,13,15). The number of methoxy groups -OCH3 is 1. The number of nitrogen functional groups attached to an aromatic ring is 1. The fourth-order valence-corrected chi connectivity index (χ4v) is 2.21. The molecule has 0 saturated heterocycles. The van der Waals surface area contributed by atoms with Gasteiger partial charge in [0.15, 0.2) is 5.82 Å². The average Bonchev–Trinajstić information content (AvgIpc) is 2.87. The van der Waals surface area contributed by atoms with Crippen molar-refractivity contribution in [3.63, 3.8) is 0 Å². The molecule has 0 atom stereocenters. The van der Waals surface area contributed by atoms with Crippen LogP contribution in [0, 0.1) is 0 Å². The van der Waals surface area contributed by atoms with Gasteiger partial charge in [-0.3, -0.25) is 4.40 Å². The second-order valence-corrected chi connectivity index (χ2v) is 3.99. The SMILES string of the molecule is CCc1c(OC)ccc2c1nc(N)c1nncn12. The third-order valence-electron chi connectivity index (χ3n) is 3.06. The van der Waals surface area contributed by atoms with E-state index < -0.39 is 0 Å². The van der Waals surface area contributed by atoms with Crippen molar-refractivity contribution >= 4 is 22.5 Å². The van der Waals surface area contributed by atoms with Gasteiger partial charge in [0.1, 0.15) is 12.1 Å². The number of benzene rings is 1. The van der Waals surface area contributed by atoms with E-state index in [1.807, 2.05) is 16.5 Å². The zero-order valence-corrected chi connectivity index (χ0v) is 10.2. The molecule has 0 aliphatic heterocycles. The van der Waals surface area contributed by atoms with Crippen molar-refractivity contribution in [2.45, 2.75) is 13.3 Å². The molecule has 3 rings (SSSR count). The molecule has 0 unspecified atom stereocenters. The molecule has 1 aromatic carbocycles. The zero-order chi connectivity index (χ0) is 12.7. The van der Waals surface area contributed by atoms with Gasteiger partial charge < -0.3 is 10.5 Å².